The first kappa shape index (κ1) is 18.9. The first-order chi connectivity index (χ1) is 13.5. The van der Waals surface area contributed by atoms with E-state index in [2.05, 4.69) is 4.90 Å². The van der Waals surface area contributed by atoms with Crippen LogP contribution in [0.15, 0.2) is 30.5 Å². The fourth-order valence-electron chi connectivity index (χ4n) is 5.01. The van der Waals surface area contributed by atoms with Crippen LogP contribution < -0.4 is 0 Å². The highest BCUT2D eigenvalue weighted by atomic mass is 16.6. The molecule has 0 saturated carbocycles. The van der Waals surface area contributed by atoms with Crippen molar-refractivity contribution in [2.45, 2.75) is 44.7 Å². The predicted octanol–water partition coefficient (Wildman–Crippen LogP) is 3.27. The Kier molecular flexibility index (Phi) is 5.35. The summed E-state index contributed by atoms with van der Waals surface area (Å²) < 4.78 is 1.81. The summed E-state index contributed by atoms with van der Waals surface area (Å²) in [5, 5.41) is 11.8. The molecule has 1 aromatic carbocycles. The second kappa shape index (κ2) is 7.91. The third-order valence-electron chi connectivity index (χ3n) is 6.46. The zero-order valence-corrected chi connectivity index (χ0v) is 16.4. The SMILES string of the molecule is CN(C[C@H]1CCCN2CCCC[C@H]12)C(=O)Cn1ccc2c([N+](=O)[O-])cccc21. The number of hydrogen-bond donors (Lipinski definition) is 0. The highest BCUT2D eigenvalue weighted by Crippen LogP contribution is 2.31. The number of non-ortho nitro benzene ring substituents is 1. The number of aromatic nitrogens is 1. The molecule has 7 nitrogen and oxygen atoms in total. The molecule has 0 N–H and O–H groups in total. The Balaban J connectivity index is 1.44. The van der Waals surface area contributed by atoms with Crippen molar-refractivity contribution in [2.75, 3.05) is 26.7 Å². The molecule has 0 unspecified atom stereocenters. The number of piperidine rings is 2. The van der Waals surface area contributed by atoms with Gasteiger partial charge in [-0.05, 0) is 56.8 Å². The van der Waals surface area contributed by atoms with E-state index in [0.717, 1.165) is 12.1 Å². The fraction of sp³-hybridized carbons (Fsp3) is 0.571. The van der Waals surface area contributed by atoms with Gasteiger partial charge in [-0.1, -0.05) is 12.5 Å². The van der Waals surface area contributed by atoms with Gasteiger partial charge in [0.25, 0.3) is 5.69 Å². The van der Waals surface area contributed by atoms with E-state index in [0.29, 0.717) is 17.3 Å². The minimum Gasteiger partial charge on any atom is -0.344 e. The maximum absolute atomic E-state index is 12.9. The van der Waals surface area contributed by atoms with Crippen LogP contribution in [-0.2, 0) is 11.3 Å². The topological polar surface area (TPSA) is 71.6 Å². The van der Waals surface area contributed by atoms with Crippen LogP contribution >= 0.6 is 0 Å². The number of hydrogen-bond acceptors (Lipinski definition) is 4. The number of amides is 1. The molecule has 0 aliphatic carbocycles. The lowest BCUT2D eigenvalue weighted by atomic mass is 9.83. The summed E-state index contributed by atoms with van der Waals surface area (Å²) in [4.78, 5) is 28.2. The number of carbonyl (C=O) groups is 1. The Morgan fingerprint density at radius 1 is 1.21 bits per heavy atom. The molecule has 0 spiro atoms. The highest BCUT2D eigenvalue weighted by Gasteiger charge is 2.34. The van der Waals surface area contributed by atoms with Crippen molar-refractivity contribution in [3.05, 3.63) is 40.6 Å². The van der Waals surface area contributed by atoms with E-state index in [9.17, 15) is 14.9 Å². The average Bonchev–Trinajstić information content (AvgIpc) is 3.11. The molecule has 2 saturated heterocycles. The smallest absolute Gasteiger partial charge is 0.278 e. The number of carbonyl (C=O) groups excluding carboxylic acids is 1. The zero-order chi connectivity index (χ0) is 19.7. The monoisotopic (exact) mass is 384 g/mol. The van der Waals surface area contributed by atoms with Crippen LogP contribution in [0.2, 0.25) is 0 Å². The molecular formula is C21H28N4O3. The Morgan fingerprint density at radius 2 is 2.04 bits per heavy atom. The molecule has 2 atom stereocenters. The van der Waals surface area contributed by atoms with Crippen molar-refractivity contribution >= 4 is 22.5 Å². The van der Waals surface area contributed by atoms with E-state index >= 15 is 0 Å². The summed E-state index contributed by atoms with van der Waals surface area (Å²) in [5.41, 5.74) is 0.809. The molecule has 2 aromatic rings. The Hall–Kier alpha value is -2.41. The van der Waals surface area contributed by atoms with Gasteiger partial charge in [0.1, 0.15) is 6.54 Å². The molecule has 2 aliphatic rings. The number of rotatable bonds is 5. The van der Waals surface area contributed by atoms with E-state index in [1.807, 2.05) is 22.6 Å². The number of benzene rings is 1. The lowest BCUT2D eigenvalue weighted by molar-refractivity contribution is -0.383. The number of nitro groups is 1. The van der Waals surface area contributed by atoms with Crippen LogP contribution in [-0.4, -0.2) is 57.9 Å². The number of fused-ring (bicyclic) bond motifs is 2. The summed E-state index contributed by atoms with van der Waals surface area (Å²) in [7, 11) is 1.89. The molecule has 0 radical (unpaired) electrons. The van der Waals surface area contributed by atoms with Gasteiger partial charge in [0.05, 0.1) is 15.8 Å². The maximum Gasteiger partial charge on any atom is 0.278 e. The van der Waals surface area contributed by atoms with Crippen LogP contribution in [0.5, 0.6) is 0 Å². The van der Waals surface area contributed by atoms with Crippen LogP contribution in [0.1, 0.15) is 32.1 Å². The molecule has 7 heteroatoms. The lowest BCUT2D eigenvalue weighted by Gasteiger charge is -2.45. The molecule has 1 aromatic heterocycles. The third-order valence-corrected chi connectivity index (χ3v) is 6.46. The molecule has 150 valence electrons. The quantitative estimate of drug-likeness (QED) is 0.586. The van der Waals surface area contributed by atoms with Crippen LogP contribution in [0.4, 0.5) is 5.69 Å². The molecule has 4 rings (SSSR count). The van der Waals surface area contributed by atoms with Crippen molar-refractivity contribution < 1.29 is 9.72 Å². The fourth-order valence-corrected chi connectivity index (χ4v) is 5.01. The second-order valence-electron chi connectivity index (χ2n) is 8.19. The summed E-state index contributed by atoms with van der Waals surface area (Å²) >= 11 is 0. The van der Waals surface area contributed by atoms with Crippen LogP contribution in [0.25, 0.3) is 10.9 Å². The van der Waals surface area contributed by atoms with E-state index in [4.69, 9.17) is 0 Å². The second-order valence-corrected chi connectivity index (χ2v) is 8.19. The van der Waals surface area contributed by atoms with Crippen molar-refractivity contribution in [2.24, 2.45) is 5.92 Å². The van der Waals surface area contributed by atoms with Gasteiger partial charge in [-0.15, -0.1) is 0 Å². The molecule has 2 fully saturated rings. The maximum atomic E-state index is 12.9. The Labute approximate surface area is 165 Å². The molecule has 1 amide bonds. The van der Waals surface area contributed by atoms with Crippen molar-refractivity contribution in [1.82, 2.24) is 14.4 Å². The summed E-state index contributed by atoms with van der Waals surface area (Å²) in [6.07, 6.45) is 8.02. The van der Waals surface area contributed by atoms with E-state index in [1.54, 1.807) is 18.3 Å². The average molecular weight is 384 g/mol. The first-order valence-corrected chi connectivity index (χ1v) is 10.2. The van der Waals surface area contributed by atoms with Gasteiger partial charge in [-0.25, -0.2) is 0 Å². The van der Waals surface area contributed by atoms with Crippen molar-refractivity contribution in [3.63, 3.8) is 0 Å². The normalized spacial score (nSPS) is 22.8. The first-order valence-electron chi connectivity index (χ1n) is 10.2. The summed E-state index contributed by atoms with van der Waals surface area (Å²) in [6.45, 7) is 3.40. The highest BCUT2D eigenvalue weighted by molar-refractivity contribution is 5.90. The van der Waals surface area contributed by atoms with Crippen molar-refractivity contribution in [1.29, 1.82) is 0 Å². The van der Waals surface area contributed by atoms with Crippen LogP contribution in [0.3, 0.4) is 0 Å². The van der Waals surface area contributed by atoms with Crippen LogP contribution in [0, 0.1) is 16.0 Å². The number of likely N-dealkylation sites (N-methyl/N-ethyl adjacent to an activating group) is 1. The van der Waals surface area contributed by atoms with E-state index in [1.165, 1.54) is 51.3 Å². The standard InChI is InChI=1S/C21H28N4O3/c1-22(14-16-6-5-12-23-11-3-2-7-18(16)23)21(26)15-24-13-10-17-19(24)8-4-9-20(17)25(27)28/h4,8-10,13,16,18H,2-3,5-7,11-12,14-15H2,1H3/t16-,18-/m1/s1. The van der Waals surface area contributed by atoms with Crippen molar-refractivity contribution in [3.8, 4) is 0 Å². The lowest BCUT2D eigenvalue weighted by Crippen LogP contribution is -2.51. The third kappa shape index (κ3) is 3.63. The largest absolute Gasteiger partial charge is 0.344 e. The van der Waals surface area contributed by atoms with Gasteiger partial charge in [0, 0.05) is 31.9 Å². The Morgan fingerprint density at radius 3 is 2.86 bits per heavy atom. The molecule has 3 heterocycles. The van der Waals surface area contributed by atoms with Gasteiger partial charge >= 0.3 is 0 Å². The van der Waals surface area contributed by atoms with Gasteiger partial charge in [0.15, 0.2) is 0 Å². The van der Waals surface area contributed by atoms with Gasteiger partial charge in [-0.3, -0.25) is 14.9 Å². The summed E-state index contributed by atoms with van der Waals surface area (Å²) in [5.74, 6) is 0.599. The predicted molar refractivity (Wildman–Crippen MR) is 108 cm³/mol. The number of nitrogens with zero attached hydrogens (tertiary/aromatic N) is 4. The number of nitro benzene ring substituents is 1. The molecule has 2 aliphatic heterocycles. The summed E-state index contributed by atoms with van der Waals surface area (Å²) in [6, 6.07) is 7.34. The zero-order valence-electron chi connectivity index (χ0n) is 16.4. The van der Waals surface area contributed by atoms with Gasteiger partial charge < -0.3 is 14.4 Å². The van der Waals surface area contributed by atoms with E-state index in [-0.39, 0.29) is 23.1 Å². The van der Waals surface area contributed by atoms with Gasteiger partial charge in [0.2, 0.25) is 5.91 Å². The molecule has 0 bridgehead atoms. The van der Waals surface area contributed by atoms with Gasteiger partial charge in [-0.2, -0.15) is 0 Å². The molecule has 28 heavy (non-hydrogen) atoms. The Bertz CT molecular complexity index is 876. The molecular weight excluding hydrogens is 356 g/mol. The van der Waals surface area contributed by atoms with E-state index < -0.39 is 0 Å². The minimum atomic E-state index is -0.375. The minimum absolute atomic E-state index is 0.0527.